The molecule has 2 aromatic rings. The summed E-state index contributed by atoms with van der Waals surface area (Å²) >= 11 is 5.45. The summed E-state index contributed by atoms with van der Waals surface area (Å²) in [5.41, 5.74) is 3.65. The van der Waals surface area contributed by atoms with Gasteiger partial charge in [0.2, 0.25) is 0 Å². The van der Waals surface area contributed by atoms with Crippen molar-refractivity contribution in [3.05, 3.63) is 28.5 Å². The SMILES string of the molecule is Cc1cccc2c1[nH]c(=S)n2C(C)CC(C)C. The van der Waals surface area contributed by atoms with Crippen molar-refractivity contribution in [2.24, 2.45) is 5.92 Å². The lowest BCUT2D eigenvalue weighted by Gasteiger charge is -2.16. The molecule has 1 N–H and O–H groups in total. The van der Waals surface area contributed by atoms with Crippen molar-refractivity contribution in [3.63, 3.8) is 0 Å². The molecule has 17 heavy (non-hydrogen) atoms. The van der Waals surface area contributed by atoms with Crippen LogP contribution in [0.15, 0.2) is 18.2 Å². The maximum Gasteiger partial charge on any atom is 0.178 e. The zero-order valence-electron chi connectivity index (χ0n) is 10.9. The molecule has 1 aromatic carbocycles. The van der Waals surface area contributed by atoms with Crippen LogP contribution in [0, 0.1) is 17.6 Å². The first-order valence-corrected chi connectivity index (χ1v) is 6.61. The van der Waals surface area contributed by atoms with E-state index >= 15 is 0 Å². The predicted octanol–water partition coefficient (Wildman–Crippen LogP) is 4.61. The smallest absolute Gasteiger partial charge is 0.178 e. The average Bonchev–Trinajstić information content (AvgIpc) is 2.55. The normalized spacial score (nSPS) is 13.5. The van der Waals surface area contributed by atoms with Gasteiger partial charge in [0, 0.05) is 6.04 Å². The van der Waals surface area contributed by atoms with Gasteiger partial charge in [-0.05, 0) is 50.0 Å². The zero-order chi connectivity index (χ0) is 12.6. The summed E-state index contributed by atoms with van der Waals surface area (Å²) in [6.07, 6.45) is 1.15. The van der Waals surface area contributed by atoms with Gasteiger partial charge in [-0.3, -0.25) is 0 Å². The second-order valence-corrected chi connectivity index (χ2v) is 5.63. The van der Waals surface area contributed by atoms with E-state index < -0.39 is 0 Å². The third kappa shape index (κ3) is 2.29. The Labute approximate surface area is 108 Å². The molecule has 0 bridgehead atoms. The molecule has 1 unspecified atom stereocenters. The second-order valence-electron chi connectivity index (χ2n) is 5.25. The minimum Gasteiger partial charge on any atom is -0.330 e. The van der Waals surface area contributed by atoms with E-state index in [1.54, 1.807) is 0 Å². The number of aryl methyl sites for hydroxylation is 1. The van der Waals surface area contributed by atoms with Gasteiger partial charge in [-0.15, -0.1) is 0 Å². The maximum absolute atomic E-state index is 5.45. The lowest BCUT2D eigenvalue weighted by molar-refractivity contribution is 0.432. The van der Waals surface area contributed by atoms with Crippen LogP contribution in [0.2, 0.25) is 0 Å². The number of rotatable bonds is 3. The summed E-state index contributed by atoms with van der Waals surface area (Å²) < 4.78 is 3.08. The maximum atomic E-state index is 5.45. The van der Waals surface area contributed by atoms with E-state index in [-0.39, 0.29) is 0 Å². The second kappa shape index (κ2) is 4.65. The number of aromatic nitrogens is 2. The summed E-state index contributed by atoms with van der Waals surface area (Å²) in [4.78, 5) is 3.33. The molecule has 2 rings (SSSR count). The Bertz CT molecular complexity index is 577. The fourth-order valence-corrected chi connectivity index (χ4v) is 2.90. The summed E-state index contributed by atoms with van der Waals surface area (Å²) in [6, 6.07) is 6.80. The first-order chi connectivity index (χ1) is 8.00. The van der Waals surface area contributed by atoms with E-state index in [0.29, 0.717) is 12.0 Å². The van der Waals surface area contributed by atoms with Crippen LogP contribution in [0.25, 0.3) is 11.0 Å². The van der Waals surface area contributed by atoms with E-state index in [2.05, 4.69) is 55.4 Å². The third-order valence-electron chi connectivity index (χ3n) is 3.21. The highest BCUT2D eigenvalue weighted by molar-refractivity contribution is 7.71. The van der Waals surface area contributed by atoms with E-state index in [0.717, 1.165) is 11.2 Å². The van der Waals surface area contributed by atoms with Gasteiger partial charge in [0.15, 0.2) is 4.77 Å². The minimum atomic E-state index is 0.443. The highest BCUT2D eigenvalue weighted by Gasteiger charge is 2.13. The summed E-state index contributed by atoms with van der Waals surface area (Å²) in [5.74, 6) is 0.682. The van der Waals surface area contributed by atoms with E-state index in [4.69, 9.17) is 12.2 Å². The number of H-pyrrole nitrogens is 1. The van der Waals surface area contributed by atoms with Crippen LogP contribution in [-0.4, -0.2) is 9.55 Å². The molecule has 0 spiro atoms. The molecule has 0 aliphatic carbocycles. The van der Waals surface area contributed by atoms with Crippen LogP contribution >= 0.6 is 12.2 Å². The van der Waals surface area contributed by atoms with Crippen molar-refractivity contribution >= 4 is 23.3 Å². The third-order valence-corrected chi connectivity index (χ3v) is 3.51. The first-order valence-electron chi connectivity index (χ1n) is 6.20. The number of nitrogens with zero attached hydrogens (tertiary/aromatic N) is 1. The molecule has 0 aliphatic heterocycles. The van der Waals surface area contributed by atoms with Gasteiger partial charge in [-0.1, -0.05) is 26.0 Å². The quantitative estimate of drug-likeness (QED) is 0.786. The Morgan fingerprint density at radius 3 is 2.65 bits per heavy atom. The highest BCUT2D eigenvalue weighted by Crippen LogP contribution is 2.25. The van der Waals surface area contributed by atoms with Crippen molar-refractivity contribution in [1.29, 1.82) is 0 Å². The Morgan fingerprint density at radius 2 is 2.00 bits per heavy atom. The molecule has 0 saturated heterocycles. The summed E-state index contributed by atoms with van der Waals surface area (Å²) in [5, 5.41) is 0. The summed E-state index contributed by atoms with van der Waals surface area (Å²) in [6.45, 7) is 8.86. The van der Waals surface area contributed by atoms with Crippen LogP contribution in [0.1, 0.15) is 38.8 Å². The van der Waals surface area contributed by atoms with Gasteiger partial charge in [0.25, 0.3) is 0 Å². The molecule has 0 saturated carbocycles. The Kier molecular flexibility index (Phi) is 3.38. The van der Waals surface area contributed by atoms with Crippen molar-refractivity contribution in [2.45, 2.75) is 40.2 Å². The molecule has 0 fully saturated rings. The molecule has 0 amide bonds. The Morgan fingerprint density at radius 1 is 1.29 bits per heavy atom. The van der Waals surface area contributed by atoms with Crippen LogP contribution in [0.3, 0.4) is 0 Å². The number of para-hydroxylation sites is 1. The molecule has 3 heteroatoms. The van der Waals surface area contributed by atoms with Crippen LogP contribution in [-0.2, 0) is 0 Å². The lowest BCUT2D eigenvalue weighted by atomic mass is 10.0. The molecular weight excluding hydrogens is 228 g/mol. The predicted molar refractivity (Wildman–Crippen MR) is 76.0 cm³/mol. The van der Waals surface area contributed by atoms with Crippen LogP contribution < -0.4 is 0 Å². The number of aromatic amines is 1. The van der Waals surface area contributed by atoms with E-state index in [9.17, 15) is 0 Å². The number of benzene rings is 1. The monoisotopic (exact) mass is 248 g/mol. The van der Waals surface area contributed by atoms with Gasteiger partial charge in [-0.2, -0.15) is 0 Å². The van der Waals surface area contributed by atoms with E-state index in [1.165, 1.54) is 16.6 Å². The van der Waals surface area contributed by atoms with Gasteiger partial charge in [0.1, 0.15) is 0 Å². The molecule has 0 radical (unpaired) electrons. The highest BCUT2D eigenvalue weighted by atomic mass is 32.1. The molecule has 92 valence electrons. The Balaban J connectivity index is 2.57. The van der Waals surface area contributed by atoms with Crippen molar-refractivity contribution in [3.8, 4) is 0 Å². The van der Waals surface area contributed by atoms with Gasteiger partial charge >= 0.3 is 0 Å². The molecule has 1 heterocycles. The van der Waals surface area contributed by atoms with Crippen LogP contribution in [0.4, 0.5) is 0 Å². The molecule has 2 nitrogen and oxygen atoms in total. The average molecular weight is 248 g/mol. The lowest BCUT2D eigenvalue weighted by Crippen LogP contribution is -2.08. The number of imidazole rings is 1. The molecule has 1 atom stereocenters. The Hall–Kier alpha value is -1.09. The number of hydrogen-bond acceptors (Lipinski definition) is 1. The van der Waals surface area contributed by atoms with Gasteiger partial charge in [-0.25, -0.2) is 0 Å². The number of nitrogens with one attached hydrogen (secondary N) is 1. The fourth-order valence-electron chi connectivity index (χ4n) is 2.52. The van der Waals surface area contributed by atoms with Crippen molar-refractivity contribution < 1.29 is 0 Å². The van der Waals surface area contributed by atoms with E-state index in [1.807, 2.05) is 0 Å². The van der Waals surface area contributed by atoms with Gasteiger partial charge < -0.3 is 9.55 Å². The first kappa shape index (κ1) is 12.4. The van der Waals surface area contributed by atoms with Crippen LogP contribution in [0.5, 0.6) is 0 Å². The minimum absolute atomic E-state index is 0.443. The molecule has 0 aliphatic rings. The van der Waals surface area contributed by atoms with Crippen molar-refractivity contribution in [2.75, 3.05) is 0 Å². The summed E-state index contributed by atoms with van der Waals surface area (Å²) in [7, 11) is 0. The largest absolute Gasteiger partial charge is 0.330 e. The molecule has 1 aromatic heterocycles. The number of fused-ring (bicyclic) bond motifs is 1. The standard InChI is InChI=1S/C14H20N2S/c1-9(2)8-11(4)16-12-7-5-6-10(3)13(12)15-14(16)17/h5-7,9,11H,8H2,1-4H3,(H,15,17). The number of hydrogen-bond donors (Lipinski definition) is 1. The topological polar surface area (TPSA) is 20.7 Å². The van der Waals surface area contributed by atoms with Gasteiger partial charge in [0.05, 0.1) is 11.0 Å². The fraction of sp³-hybridized carbons (Fsp3) is 0.500. The molecular formula is C14H20N2S. The van der Waals surface area contributed by atoms with Crippen molar-refractivity contribution in [1.82, 2.24) is 9.55 Å². The zero-order valence-corrected chi connectivity index (χ0v) is 11.8.